The molecule has 0 heterocycles. The maximum atomic E-state index is 8.94. The fourth-order valence-electron chi connectivity index (χ4n) is 0.855. The van der Waals surface area contributed by atoms with Crippen molar-refractivity contribution in [3.63, 3.8) is 0 Å². The van der Waals surface area contributed by atoms with Gasteiger partial charge in [0.05, 0.1) is 6.10 Å². The number of aliphatic hydroxyl groups excluding tert-OH is 1. The second kappa shape index (κ2) is 7.89. The third-order valence-electron chi connectivity index (χ3n) is 1.42. The molecule has 2 nitrogen and oxygen atoms in total. The summed E-state index contributed by atoms with van der Waals surface area (Å²) in [5.74, 6) is 0. The minimum absolute atomic E-state index is 0. The van der Waals surface area contributed by atoms with Gasteiger partial charge in [0.2, 0.25) is 0 Å². The van der Waals surface area contributed by atoms with E-state index in [9.17, 15) is 0 Å². The molecule has 0 aromatic rings. The molecule has 1 unspecified atom stereocenters. The van der Waals surface area contributed by atoms with Crippen molar-refractivity contribution in [3.8, 4) is 0 Å². The molecule has 0 aromatic heterocycles. The molecule has 0 rings (SSSR count). The molecule has 0 bridgehead atoms. The van der Waals surface area contributed by atoms with E-state index in [4.69, 9.17) is 5.11 Å². The first-order chi connectivity index (χ1) is 4.20. The molecular weight excluding hydrogens is 293 g/mol. The Morgan fingerprint density at radius 1 is 1.30 bits per heavy atom. The summed E-state index contributed by atoms with van der Waals surface area (Å²) in [5.41, 5.74) is 0. The zero-order valence-electron chi connectivity index (χ0n) is 7.09. The van der Waals surface area contributed by atoms with Crippen LogP contribution < -0.4 is 0 Å². The van der Waals surface area contributed by atoms with Crippen LogP contribution in [0.4, 0.5) is 0 Å². The molecule has 0 aliphatic rings. The summed E-state index contributed by atoms with van der Waals surface area (Å²) in [6.07, 6.45) is -0.190. The number of rotatable bonds is 4. The molecule has 0 aliphatic carbocycles. The Labute approximate surface area is 82.4 Å². The van der Waals surface area contributed by atoms with Gasteiger partial charge in [0.25, 0.3) is 0 Å². The fourth-order valence-corrected chi connectivity index (χ4v) is 0.855. The first kappa shape index (κ1) is 13.4. The van der Waals surface area contributed by atoms with Gasteiger partial charge in [-0.2, -0.15) is 0 Å². The predicted octanol–water partition coefficient (Wildman–Crippen LogP) is 0.706. The molecule has 10 heavy (non-hydrogen) atoms. The van der Waals surface area contributed by atoms with Crippen molar-refractivity contribution >= 4 is 0 Å². The normalized spacial score (nSPS) is 12.9. The van der Waals surface area contributed by atoms with E-state index in [1.807, 2.05) is 6.92 Å². The van der Waals surface area contributed by atoms with Crippen molar-refractivity contribution in [3.05, 3.63) is 0 Å². The van der Waals surface area contributed by atoms with E-state index < -0.39 is 0 Å². The third-order valence-corrected chi connectivity index (χ3v) is 1.42. The van der Waals surface area contributed by atoms with Crippen molar-refractivity contribution in [2.45, 2.75) is 26.9 Å². The SMILES string of the molecule is CCN(CC)CC(C)O.[Hf]. The van der Waals surface area contributed by atoms with Crippen LogP contribution in [0.5, 0.6) is 0 Å². The first-order valence-corrected chi connectivity index (χ1v) is 3.61. The summed E-state index contributed by atoms with van der Waals surface area (Å²) in [6.45, 7) is 8.88. The van der Waals surface area contributed by atoms with Crippen LogP contribution in [0, 0.1) is 0 Å². The van der Waals surface area contributed by atoms with Crippen LogP contribution in [0.15, 0.2) is 0 Å². The van der Waals surface area contributed by atoms with Gasteiger partial charge in [-0.3, -0.25) is 0 Å². The molecule has 0 fully saturated rings. The Kier molecular flexibility index (Phi) is 10.6. The Morgan fingerprint density at radius 3 is 1.80 bits per heavy atom. The second-order valence-corrected chi connectivity index (χ2v) is 2.33. The molecule has 60 valence electrons. The molecule has 0 saturated carbocycles. The van der Waals surface area contributed by atoms with Crippen molar-refractivity contribution in [2.75, 3.05) is 19.6 Å². The van der Waals surface area contributed by atoms with Gasteiger partial charge in [0.15, 0.2) is 0 Å². The fraction of sp³-hybridized carbons (Fsp3) is 1.00. The van der Waals surface area contributed by atoms with Crippen molar-refractivity contribution in [1.82, 2.24) is 4.90 Å². The van der Waals surface area contributed by atoms with Crippen LogP contribution in [-0.2, 0) is 25.8 Å². The van der Waals surface area contributed by atoms with Gasteiger partial charge in [-0.1, -0.05) is 13.8 Å². The summed E-state index contributed by atoms with van der Waals surface area (Å²) in [4.78, 5) is 2.20. The van der Waals surface area contributed by atoms with E-state index >= 15 is 0 Å². The van der Waals surface area contributed by atoms with Crippen LogP contribution in [0.2, 0.25) is 0 Å². The van der Waals surface area contributed by atoms with Crippen molar-refractivity contribution in [1.29, 1.82) is 0 Å². The van der Waals surface area contributed by atoms with E-state index in [0.717, 1.165) is 19.6 Å². The zero-order valence-corrected chi connectivity index (χ0v) is 10.7. The third kappa shape index (κ3) is 6.90. The summed E-state index contributed by atoms with van der Waals surface area (Å²) >= 11 is 0. The Hall–Kier alpha value is 0.790. The Morgan fingerprint density at radius 2 is 1.70 bits per heavy atom. The van der Waals surface area contributed by atoms with Gasteiger partial charge in [-0.15, -0.1) is 0 Å². The summed E-state index contributed by atoms with van der Waals surface area (Å²) < 4.78 is 0. The molecule has 3 heteroatoms. The molecule has 0 aromatic carbocycles. The van der Waals surface area contributed by atoms with E-state index in [2.05, 4.69) is 18.7 Å². The zero-order chi connectivity index (χ0) is 7.28. The summed E-state index contributed by atoms with van der Waals surface area (Å²) in [6, 6.07) is 0. The van der Waals surface area contributed by atoms with Crippen molar-refractivity contribution < 1.29 is 30.9 Å². The Bertz CT molecular complexity index is 64.6. The van der Waals surface area contributed by atoms with E-state index in [-0.39, 0.29) is 31.9 Å². The first-order valence-electron chi connectivity index (χ1n) is 3.61. The van der Waals surface area contributed by atoms with Crippen LogP contribution in [0.1, 0.15) is 20.8 Å². The van der Waals surface area contributed by atoms with Gasteiger partial charge in [0, 0.05) is 32.4 Å². The molecule has 0 amide bonds. The van der Waals surface area contributed by atoms with Gasteiger partial charge in [0.1, 0.15) is 0 Å². The van der Waals surface area contributed by atoms with Crippen LogP contribution >= 0.6 is 0 Å². The number of likely N-dealkylation sites (N-methyl/N-ethyl adjacent to an activating group) is 1. The van der Waals surface area contributed by atoms with E-state index in [1.165, 1.54) is 0 Å². The van der Waals surface area contributed by atoms with Gasteiger partial charge < -0.3 is 10.0 Å². The number of aliphatic hydroxyl groups is 1. The topological polar surface area (TPSA) is 23.5 Å². The number of hydrogen-bond acceptors (Lipinski definition) is 2. The maximum Gasteiger partial charge on any atom is 0.0639 e. The molecular formula is C7H17HfNO. The van der Waals surface area contributed by atoms with Gasteiger partial charge in [-0.05, 0) is 20.0 Å². The average molecular weight is 310 g/mol. The van der Waals surface area contributed by atoms with Crippen molar-refractivity contribution in [2.24, 2.45) is 0 Å². The molecule has 1 N–H and O–H groups in total. The van der Waals surface area contributed by atoms with Gasteiger partial charge in [-0.25, -0.2) is 0 Å². The number of hydrogen-bond donors (Lipinski definition) is 1. The quantitative estimate of drug-likeness (QED) is 0.773. The molecule has 0 spiro atoms. The largest absolute Gasteiger partial charge is 0.392 e. The van der Waals surface area contributed by atoms with Gasteiger partial charge >= 0.3 is 0 Å². The average Bonchev–Trinajstić information content (AvgIpc) is 1.82. The summed E-state index contributed by atoms with van der Waals surface area (Å²) in [5, 5.41) is 8.94. The molecule has 0 saturated heterocycles. The molecule has 0 radical (unpaired) electrons. The maximum absolute atomic E-state index is 8.94. The number of nitrogens with zero attached hydrogens (tertiary/aromatic N) is 1. The van der Waals surface area contributed by atoms with Crippen LogP contribution in [-0.4, -0.2) is 35.7 Å². The standard InChI is InChI=1S/C7H17NO.Hf/c1-4-8(5-2)6-7(3)9;/h7,9H,4-6H2,1-3H3;. The second-order valence-electron chi connectivity index (χ2n) is 2.33. The summed E-state index contributed by atoms with van der Waals surface area (Å²) in [7, 11) is 0. The Balaban J connectivity index is 0. The minimum Gasteiger partial charge on any atom is -0.392 e. The molecule has 1 atom stereocenters. The van der Waals surface area contributed by atoms with Crippen LogP contribution in [0.25, 0.3) is 0 Å². The van der Waals surface area contributed by atoms with Crippen LogP contribution in [0.3, 0.4) is 0 Å². The minimum atomic E-state index is -0.190. The smallest absolute Gasteiger partial charge is 0.0639 e. The molecule has 0 aliphatic heterocycles. The predicted molar refractivity (Wildman–Crippen MR) is 39.5 cm³/mol. The van der Waals surface area contributed by atoms with E-state index in [0.29, 0.717) is 0 Å². The monoisotopic (exact) mass is 311 g/mol. The van der Waals surface area contributed by atoms with E-state index in [1.54, 1.807) is 0 Å².